The molecule has 0 aliphatic rings. The van der Waals surface area contributed by atoms with E-state index in [0.29, 0.717) is 17.0 Å². The molecule has 0 spiro atoms. The summed E-state index contributed by atoms with van der Waals surface area (Å²) in [5.74, 6) is -0.0343. The van der Waals surface area contributed by atoms with Crippen LogP contribution in [0.4, 0.5) is 4.39 Å². The summed E-state index contributed by atoms with van der Waals surface area (Å²) in [6.07, 6.45) is 0. The maximum atomic E-state index is 13.3. The molecule has 0 saturated heterocycles. The van der Waals surface area contributed by atoms with E-state index in [0.717, 1.165) is 11.8 Å². The van der Waals surface area contributed by atoms with Crippen molar-refractivity contribution in [2.45, 2.75) is 20.1 Å². The van der Waals surface area contributed by atoms with Crippen LogP contribution < -0.4 is 4.74 Å². The van der Waals surface area contributed by atoms with Gasteiger partial charge in [-0.05, 0) is 42.8 Å². The number of aryl methyl sites for hydroxylation is 1. The van der Waals surface area contributed by atoms with Gasteiger partial charge in [0, 0.05) is 5.69 Å². The van der Waals surface area contributed by atoms with Crippen molar-refractivity contribution in [3.63, 3.8) is 0 Å². The van der Waals surface area contributed by atoms with Gasteiger partial charge in [0.2, 0.25) is 0 Å². The van der Waals surface area contributed by atoms with E-state index in [9.17, 15) is 9.50 Å². The van der Waals surface area contributed by atoms with E-state index in [1.54, 1.807) is 18.2 Å². The van der Waals surface area contributed by atoms with Crippen LogP contribution >= 0.6 is 0 Å². The van der Waals surface area contributed by atoms with Crippen molar-refractivity contribution in [3.8, 4) is 11.8 Å². The van der Waals surface area contributed by atoms with Gasteiger partial charge in [-0.15, -0.1) is 0 Å². The van der Waals surface area contributed by atoms with Crippen LogP contribution in [-0.4, -0.2) is 10.1 Å². The van der Waals surface area contributed by atoms with Crippen molar-refractivity contribution in [2.75, 3.05) is 0 Å². The molecule has 0 aliphatic carbocycles. The third-order valence-corrected chi connectivity index (χ3v) is 2.70. The van der Waals surface area contributed by atoms with Crippen LogP contribution in [0.2, 0.25) is 0 Å². The van der Waals surface area contributed by atoms with Gasteiger partial charge in [-0.3, -0.25) is 4.98 Å². The second kappa shape index (κ2) is 6.13. The van der Waals surface area contributed by atoms with Crippen molar-refractivity contribution >= 4 is 0 Å². The lowest BCUT2D eigenvalue weighted by molar-refractivity contribution is 0.253. The Morgan fingerprint density at radius 2 is 2.15 bits per heavy atom. The Labute approximate surface area is 116 Å². The molecule has 102 valence electrons. The Morgan fingerprint density at radius 3 is 2.85 bits per heavy atom. The quantitative estimate of drug-likeness (QED) is 0.928. The minimum Gasteiger partial charge on any atom is -0.487 e. The van der Waals surface area contributed by atoms with E-state index in [1.807, 2.05) is 13.0 Å². The Balaban J connectivity index is 2.17. The number of hydrogen-bond acceptors (Lipinski definition) is 4. The first kappa shape index (κ1) is 14.0. The molecule has 0 aliphatic heterocycles. The first-order valence-electron chi connectivity index (χ1n) is 6.02. The molecule has 5 heteroatoms. The zero-order chi connectivity index (χ0) is 14.5. The van der Waals surface area contributed by atoms with E-state index in [1.165, 1.54) is 6.07 Å². The van der Waals surface area contributed by atoms with Crippen LogP contribution in [0, 0.1) is 24.1 Å². The van der Waals surface area contributed by atoms with Gasteiger partial charge < -0.3 is 9.84 Å². The van der Waals surface area contributed by atoms with E-state index in [4.69, 9.17) is 10.00 Å². The third kappa shape index (κ3) is 3.31. The molecule has 20 heavy (non-hydrogen) atoms. The van der Waals surface area contributed by atoms with Gasteiger partial charge in [-0.1, -0.05) is 0 Å². The van der Waals surface area contributed by atoms with Gasteiger partial charge >= 0.3 is 0 Å². The summed E-state index contributed by atoms with van der Waals surface area (Å²) in [5, 5.41) is 18.0. The lowest BCUT2D eigenvalue weighted by atomic mass is 10.1. The van der Waals surface area contributed by atoms with Gasteiger partial charge in [-0.25, -0.2) is 4.39 Å². The van der Waals surface area contributed by atoms with Gasteiger partial charge in [0.05, 0.1) is 18.2 Å². The second-order valence-corrected chi connectivity index (χ2v) is 4.30. The molecular formula is C15H13FN2O2. The summed E-state index contributed by atoms with van der Waals surface area (Å²) in [7, 11) is 0. The Morgan fingerprint density at radius 1 is 1.35 bits per heavy atom. The molecule has 1 aromatic heterocycles. The van der Waals surface area contributed by atoms with Gasteiger partial charge in [0.15, 0.2) is 0 Å². The average molecular weight is 272 g/mol. The summed E-state index contributed by atoms with van der Waals surface area (Å²) in [4.78, 5) is 4.15. The van der Waals surface area contributed by atoms with Gasteiger partial charge in [-0.2, -0.15) is 5.26 Å². The topological polar surface area (TPSA) is 66.1 Å². The molecular weight excluding hydrogens is 259 g/mol. The summed E-state index contributed by atoms with van der Waals surface area (Å²) in [6.45, 7) is 1.68. The number of ether oxygens (including phenoxy) is 1. The van der Waals surface area contributed by atoms with Crippen LogP contribution in [-0.2, 0) is 13.2 Å². The van der Waals surface area contributed by atoms with Crippen molar-refractivity contribution < 1.29 is 14.2 Å². The van der Waals surface area contributed by atoms with Gasteiger partial charge in [0.1, 0.15) is 23.9 Å². The van der Waals surface area contributed by atoms with E-state index >= 15 is 0 Å². The van der Waals surface area contributed by atoms with E-state index in [2.05, 4.69) is 4.98 Å². The number of rotatable bonds is 4. The molecule has 0 amide bonds. The molecule has 0 fully saturated rings. The fourth-order valence-corrected chi connectivity index (χ4v) is 1.80. The van der Waals surface area contributed by atoms with E-state index in [-0.39, 0.29) is 18.8 Å². The molecule has 0 bridgehead atoms. The first-order valence-corrected chi connectivity index (χ1v) is 6.02. The van der Waals surface area contributed by atoms with Crippen LogP contribution in [0.5, 0.6) is 5.75 Å². The number of benzene rings is 1. The Bertz CT molecular complexity index is 665. The highest BCUT2D eigenvalue weighted by Crippen LogP contribution is 2.19. The molecule has 0 atom stereocenters. The van der Waals surface area contributed by atoms with Crippen LogP contribution in [0.15, 0.2) is 30.3 Å². The number of pyridine rings is 1. The zero-order valence-corrected chi connectivity index (χ0v) is 10.9. The Kier molecular flexibility index (Phi) is 4.28. The fourth-order valence-electron chi connectivity index (χ4n) is 1.80. The summed E-state index contributed by atoms with van der Waals surface area (Å²) in [6, 6.07) is 9.39. The minimum absolute atomic E-state index is 0.101. The summed E-state index contributed by atoms with van der Waals surface area (Å²) in [5.41, 5.74) is 2.00. The number of aliphatic hydroxyl groups excluding tert-OH is 1. The molecule has 1 heterocycles. The smallest absolute Gasteiger partial charge is 0.143 e. The fraction of sp³-hybridized carbons (Fsp3) is 0.200. The van der Waals surface area contributed by atoms with Crippen LogP contribution in [0.25, 0.3) is 0 Å². The molecule has 2 rings (SSSR count). The molecule has 4 nitrogen and oxygen atoms in total. The molecule has 1 N–H and O–H groups in total. The number of nitriles is 1. The predicted molar refractivity (Wildman–Crippen MR) is 70.3 cm³/mol. The van der Waals surface area contributed by atoms with Crippen molar-refractivity contribution in [1.82, 2.24) is 4.98 Å². The lowest BCUT2D eigenvalue weighted by Crippen LogP contribution is -2.02. The molecule has 0 unspecified atom stereocenters. The monoisotopic (exact) mass is 272 g/mol. The maximum absolute atomic E-state index is 13.3. The zero-order valence-electron chi connectivity index (χ0n) is 10.9. The Hall–Kier alpha value is -2.45. The maximum Gasteiger partial charge on any atom is 0.143 e. The number of hydrogen-bond donors (Lipinski definition) is 1. The molecule has 1 aromatic carbocycles. The highest BCUT2D eigenvalue weighted by atomic mass is 19.1. The minimum atomic E-state index is -0.480. The molecule has 2 aromatic rings. The highest BCUT2D eigenvalue weighted by molar-refractivity contribution is 5.34. The predicted octanol–water partition coefficient (Wildman–Crippen LogP) is 2.47. The number of aliphatic hydroxyl groups is 1. The van der Waals surface area contributed by atoms with Crippen molar-refractivity contribution in [2.24, 2.45) is 0 Å². The van der Waals surface area contributed by atoms with Crippen molar-refractivity contribution in [3.05, 3.63) is 58.7 Å². The van der Waals surface area contributed by atoms with Crippen LogP contribution in [0.1, 0.15) is 22.5 Å². The number of nitrogens with zero attached hydrogens (tertiary/aromatic N) is 2. The third-order valence-electron chi connectivity index (χ3n) is 2.70. The average Bonchev–Trinajstić information content (AvgIpc) is 2.45. The normalized spacial score (nSPS) is 10.1. The number of halogens is 1. The van der Waals surface area contributed by atoms with E-state index < -0.39 is 5.82 Å². The standard InChI is InChI=1S/C15H13FN2O2/c1-10-2-3-15(14(8-19)18-10)20-9-12-4-11(7-17)5-13(16)6-12/h2-6,19H,8-9H2,1H3. The number of aromatic nitrogens is 1. The van der Waals surface area contributed by atoms with Gasteiger partial charge in [0.25, 0.3) is 0 Å². The van der Waals surface area contributed by atoms with Crippen LogP contribution in [0.3, 0.4) is 0 Å². The lowest BCUT2D eigenvalue weighted by Gasteiger charge is -2.10. The van der Waals surface area contributed by atoms with Crippen molar-refractivity contribution in [1.29, 1.82) is 5.26 Å². The first-order chi connectivity index (χ1) is 9.62. The summed E-state index contributed by atoms with van der Waals surface area (Å²) >= 11 is 0. The largest absolute Gasteiger partial charge is 0.487 e. The highest BCUT2D eigenvalue weighted by Gasteiger charge is 2.06. The summed E-state index contributed by atoms with van der Waals surface area (Å²) < 4.78 is 18.8. The molecule has 0 radical (unpaired) electrons. The molecule has 0 saturated carbocycles. The second-order valence-electron chi connectivity index (χ2n) is 4.30. The SMILES string of the molecule is Cc1ccc(OCc2cc(F)cc(C#N)c2)c(CO)n1.